The van der Waals surface area contributed by atoms with Gasteiger partial charge in [-0.05, 0) is 49.3 Å². The van der Waals surface area contributed by atoms with Crippen molar-refractivity contribution in [3.05, 3.63) is 34.6 Å². The molecule has 2 aromatic rings. The van der Waals surface area contributed by atoms with Gasteiger partial charge >= 0.3 is 0 Å². The van der Waals surface area contributed by atoms with Crippen molar-refractivity contribution in [2.75, 3.05) is 6.54 Å². The Morgan fingerprint density at radius 2 is 2.17 bits per heavy atom. The Labute approximate surface area is 116 Å². The summed E-state index contributed by atoms with van der Waals surface area (Å²) in [7, 11) is 1.95. The molecule has 0 aliphatic rings. The number of aromatic nitrogens is 3. The van der Waals surface area contributed by atoms with Crippen molar-refractivity contribution in [2.45, 2.75) is 23.4 Å². The van der Waals surface area contributed by atoms with Gasteiger partial charge in [-0.1, -0.05) is 17.7 Å². The molecule has 0 bridgehead atoms. The minimum absolute atomic E-state index is 0.618. The zero-order valence-electron chi connectivity index (χ0n) is 10.4. The number of halogens is 1. The summed E-state index contributed by atoms with van der Waals surface area (Å²) >= 11 is 7.61. The highest BCUT2D eigenvalue weighted by Gasteiger charge is 2.10. The van der Waals surface area contributed by atoms with E-state index in [2.05, 4.69) is 10.2 Å². The third kappa shape index (κ3) is 2.85. The molecule has 6 heteroatoms. The van der Waals surface area contributed by atoms with Crippen LogP contribution in [-0.2, 0) is 13.5 Å². The summed E-state index contributed by atoms with van der Waals surface area (Å²) in [5.41, 5.74) is 6.81. The van der Waals surface area contributed by atoms with E-state index in [-0.39, 0.29) is 0 Å². The molecule has 0 spiro atoms. The molecule has 18 heavy (non-hydrogen) atoms. The fourth-order valence-electron chi connectivity index (χ4n) is 1.56. The normalized spacial score (nSPS) is 10.9. The Morgan fingerprint density at radius 1 is 1.39 bits per heavy atom. The minimum Gasteiger partial charge on any atom is -0.330 e. The van der Waals surface area contributed by atoms with E-state index in [9.17, 15) is 0 Å². The number of rotatable bonds is 4. The maximum Gasteiger partial charge on any atom is 0.195 e. The molecule has 0 saturated heterocycles. The number of benzene rings is 1. The first-order valence-electron chi connectivity index (χ1n) is 5.64. The van der Waals surface area contributed by atoms with Crippen LogP contribution < -0.4 is 5.73 Å². The molecule has 0 aliphatic carbocycles. The van der Waals surface area contributed by atoms with E-state index in [4.69, 9.17) is 17.3 Å². The van der Waals surface area contributed by atoms with Crippen LogP contribution >= 0.6 is 23.4 Å². The Bertz CT molecular complexity index is 553. The monoisotopic (exact) mass is 282 g/mol. The minimum atomic E-state index is 0.618. The molecule has 1 aromatic heterocycles. The summed E-state index contributed by atoms with van der Waals surface area (Å²) in [5, 5.41) is 9.76. The van der Waals surface area contributed by atoms with E-state index in [1.807, 2.05) is 36.7 Å². The molecule has 2 N–H and O–H groups in total. The van der Waals surface area contributed by atoms with E-state index in [0.717, 1.165) is 27.3 Å². The predicted octanol–water partition coefficient (Wildman–Crippen LogP) is 2.43. The molecule has 4 nitrogen and oxygen atoms in total. The van der Waals surface area contributed by atoms with Crippen molar-refractivity contribution in [2.24, 2.45) is 12.8 Å². The van der Waals surface area contributed by atoms with Crippen molar-refractivity contribution >= 4 is 23.4 Å². The van der Waals surface area contributed by atoms with Gasteiger partial charge in [-0.3, -0.25) is 0 Å². The summed E-state index contributed by atoms with van der Waals surface area (Å²) < 4.78 is 1.96. The third-order valence-corrected chi connectivity index (χ3v) is 4.07. The quantitative estimate of drug-likeness (QED) is 0.936. The average Bonchev–Trinajstić information content (AvgIpc) is 2.65. The highest BCUT2D eigenvalue weighted by Crippen LogP contribution is 2.31. The fourth-order valence-corrected chi connectivity index (χ4v) is 2.83. The molecule has 0 saturated carbocycles. The zero-order chi connectivity index (χ0) is 13.1. The van der Waals surface area contributed by atoms with E-state index in [1.165, 1.54) is 5.56 Å². The van der Waals surface area contributed by atoms with Gasteiger partial charge in [-0.15, -0.1) is 10.2 Å². The predicted molar refractivity (Wildman–Crippen MR) is 74.1 cm³/mol. The van der Waals surface area contributed by atoms with Gasteiger partial charge in [0.15, 0.2) is 5.16 Å². The summed E-state index contributed by atoms with van der Waals surface area (Å²) in [6, 6.07) is 5.85. The number of aryl methyl sites for hydroxylation is 1. The maximum absolute atomic E-state index is 6.04. The fraction of sp³-hybridized carbons (Fsp3) is 0.333. The van der Waals surface area contributed by atoms with Crippen LogP contribution in [0.1, 0.15) is 11.4 Å². The van der Waals surface area contributed by atoms with Crippen LogP contribution in [0.5, 0.6) is 0 Å². The number of hydrogen-bond donors (Lipinski definition) is 1. The smallest absolute Gasteiger partial charge is 0.195 e. The lowest BCUT2D eigenvalue weighted by Gasteiger charge is -2.08. The summed E-state index contributed by atoms with van der Waals surface area (Å²) in [6.07, 6.45) is 0.830. The molecule has 0 fully saturated rings. The molecule has 0 aliphatic heterocycles. The number of nitrogens with zero attached hydrogens (tertiary/aromatic N) is 3. The standard InChI is InChI=1S/C12H15ClN4S/c1-8-15-16-12(17(8)2)18-11-7-10(13)4-3-9(11)5-6-14/h3-4,7H,5-6,14H2,1-2H3. The highest BCUT2D eigenvalue weighted by atomic mass is 35.5. The second-order valence-electron chi connectivity index (χ2n) is 3.98. The molecule has 0 amide bonds. The van der Waals surface area contributed by atoms with Crippen LogP contribution in [0.25, 0.3) is 0 Å². The molecular weight excluding hydrogens is 268 g/mol. The van der Waals surface area contributed by atoms with Crippen LogP contribution in [0.2, 0.25) is 5.02 Å². The average molecular weight is 283 g/mol. The molecule has 2 rings (SSSR count). The van der Waals surface area contributed by atoms with Gasteiger partial charge < -0.3 is 10.3 Å². The highest BCUT2D eigenvalue weighted by molar-refractivity contribution is 7.99. The Kier molecular flexibility index (Phi) is 4.27. The Hall–Kier alpha value is -1.04. The van der Waals surface area contributed by atoms with Crippen LogP contribution in [0.3, 0.4) is 0 Å². The molecule has 0 unspecified atom stereocenters. The van der Waals surface area contributed by atoms with E-state index < -0.39 is 0 Å². The van der Waals surface area contributed by atoms with Crippen LogP contribution in [0.4, 0.5) is 0 Å². The van der Waals surface area contributed by atoms with E-state index in [0.29, 0.717) is 6.54 Å². The van der Waals surface area contributed by atoms with Crippen molar-refractivity contribution in [1.82, 2.24) is 14.8 Å². The van der Waals surface area contributed by atoms with E-state index in [1.54, 1.807) is 11.8 Å². The van der Waals surface area contributed by atoms with Gasteiger partial charge in [-0.25, -0.2) is 0 Å². The van der Waals surface area contributed by atoms with Gasteiger partial charge in [0, 0.05) is 17.0 Å². The first-order chi connectivity index (χ1) is 8.61. The van der Waals surface area contributed by atoms with Crippen LogP contribution in [0, 0.1) is 6.92 Å². The molecule has 0 radical (unpaired) electrons. The van der Waals surface area contributed by atoms with Gasteiger partial charge in [0.25, 0.3) is 0 Å². The van der Waals surface area contributed by atoms with Gasteiger partial charge in [0.1, 0.15) is 5.82 Å². The number of nitrogens with two attached hydrogens (primary N) is 1. The lowest BCUT2D eigenvalue weighted by Crippen LogP contribution is -2.04. The van der Waals surface area contributed by atoms with Gasteiger partial charge in [0.2, 0.25) is 0 Å². The summed E-state index contributed by atoms with van der Waals surface area (Å²) in [4.78, 5) is 1.09. The second-order valence-corrected chi connectivity index (χ2v) is 5.43. The first-order valence-corrected chi connectivity index (χ1v) is 6.83. The van der Waals surface area contributed by atoms with Crippen LogP contribution in [-0.4, -0.2) is 21.3 Å². The Morgan fingerprint density at radius 3 is 2.78 bits per heavy atom. The number of hydrogen-bond acceptors (Lipinski definition) is 4. The van der Waals surface area contributed by atoms with Crippen molar-refractivity contribution in [3.63, 3.8) is 0 Å². The molecule has 1 aromatic carbocycles. The van der Waals surface area contributed by atoms with Gasteiger partial charge in [0.05, 0.1) is 0 Å². The first kappa shape index (κ1) is 13.4. The Balaban J connectivity index is 2.32. The zero-order valence-corrected chi connectivity index (χ0v) is 11.9. The maximum atomic E-state index is 6.04. The molecular formula is C12H15ClN4S. The van der Waals surface area contributed by atoms with Crippen molar-refractivity contribution in [1.29, 1.82) is 0 Å². The summed E-state index contributed by atoms with van der Waals surface area (Å²) in [5.74, 6) is 0.889. The largest absolute Gasteiger partial charge is 0.330 e. The van der Waals surface area contributed by atoms with Gasteiger partial charge in [-0.2, -0.15) is 0 Å². The summed E-state index contributed by atoms with van der Waals surface area (Å²) in [6.45, 7) is 2.54. The molecule has 96 valence electrons. The lowest BCUT2D eigenvalue weighted by atomic mass is 10.1. The van der Waals surface area contributed by atoms with E-state index >= 15 is 0 Å². The molecule has 0 atom stereocenters. The van der Waals surface area contributed by atoms with Crippen LogP contribution in [0.15, 0.2) is 28.3 Å². The third-order valence-electron chi connectivity index (χ3n) is 2.70. The van der Waals surface area contributed by atoms with Crippen molar-refractivity contribution in [3.8, 4) is 0 Å². The topological polar surface area (TPSA) is 56.7 Å². The molecule has 1 heterocycles. The second kappa shape index (κ2) is 5.73. The lowest BCUT2D eigenvalue weighted by molar-refractivity contribution is 0.765. The SMILES string of the molecule is Cc1nnc(Sc2cc(Cl)ccc2CCN)n1C. The van der Waals surface area contributed by atoms with Crippen molar-refractivity contribution < 1.29 is 0 Å².